The summed E-state index contributed by atoms with van der Waals surface area (Å²) >= 11 is -1.39. The first-order chi connectivity index (χ1) is 4.59. The number of hydrogen-bond donors (Lipinski definition) is 0. The normalized spacial score (nSPS) is 13.3. The molecule has 0 heterocycles. The van der Waals surface area contributed by atoms with E-state index in [9.17, 15) is 4.79 Å². The summed E-state index contributed by atoms with van der Waals surface area (Å²) in [6.07, 6.45) is 0. The van der Waals surface area contributed by atoms with Crippen molar-refractivity contribution in [3.8, 4) is 0 Å². The second-order valence-electron chi connectivity index (χ2n) is 2.39. The molecule has 3 heteroatoms. The molecule has 0 amide bonds. The summed E-state index contributed by atoms with van der Waals surface area (Å²) in [6.45, 7) is 4.34. The Bertz CT molecular complexity index is 112. The standard InChI is InChI=1S/C5H9O2.2CH3.Bi/c1-3-5(6)7-4-2;;;/h3H,4H2,1-2H3;2*1H3;. The molecule has 0 radical (unpaired) electrons. The molecule has 0 aromatic carbocycles. The van der Waals surface area contributed by atoms with E-state index in [2.05, 4.69) is 9.26 Å². The molecule has 0 N–H and O–H groups in total. The molecular weight excluding hydrogens is 325 g/mol. The second-order valence-corrected chi connectivity index (χ2v) is 12.9. The maximum atomic E-state index is 11.0. The monoisotopic (exact) mass is 340 g/mol. The Hall–Kier alpha value is 0.353. The molecule has 0 aliphatic rings. The quantitative estimate of drug-likeness (QED) is 0.577. The van der Waals surface area contributed by atoms with Crippen LogP contribution in [-0.2, 0) is 9.53 Å². The minimum atomic E-state index is -1.39. The molecular formula is C7H15BiO2. The molecule has 2 nitrogen and oxygen atoms in total. The molecule has 0 aromatic heterocycles. The molecule has 0 spiro atoms. The zero-order valence-electron chi connectivity index (χ0n) is 7.05. The van der Waals surface area contributed by atoms with Crippen LogP contribution >= 0.6 is 0 Å². The molecule has 0 rings (SSSR count). The molecule has 0 aromatic rings. The van der Waals surface area contributed by atoms with Gasteiger partial charge < -0.3 is 0 Å². The number of hydrogen-bond acceptors (Lipinski definition) is 2. The van der Waals surface area contributed by atoms with Gasteiger partial charge in [0.05, 0.1) is 0 Å². The van der Waals surface area contributed by atoms with E-state index >= 15 is 0 Å². The van der Waals surface area contributed by atoms with Crippen molar-refractivity contribution in [1.82, 2.24) is 0 Å². The maximum absolute atomic E-state index is 11.0. The molecule has 0 aliphatic heterocycles. The van der Waals surface area contributed by atoms with Crippen molar-refractivity contribution in [2.75, 3.05) is 6.61 Å². The Morgan fingerprint density at radius 2 is 2.10 bits per heavy atom. The van der Waals surface area contributed by atoms with E-state index in [1.54, 1.807) is 0 Å². The van der Waals surface area contributed by atoms with E-state index in [1.807, 2.05) is 13.8 Å². The van der Waals surface area contributed by atoms with Crippen LogP contribution in [0.2, 0.25) is 12.9 Å². The average molecular weight is 340 g/mol. The van der Waals surface area contributed by atoms with Crippen LogP contribution < -0.4 is 0 Å². The number of rotatable bonds is 3. The number of carbonyl (C=O) groups is 1. The van der Waals surface area contributed by atoms with Crippen molar-refractivity contribution in [2.24, 2.45) is 0 Å². The summed E-state index contributed by atoms with van der Waals surface area (Å²) in [5.74, 6) is 0.00489. The summed E-state index contributed by atoms with van der Waals surface area (Å²) in [5, 5.41) is 0. The number of esters is 1. The Labute approximate surface area is 70.6 Å². The first-order valence-corrected chi connectivity index (χ1v) is 12.4. The molecule has 60 valence electrons. The van der Waals surface area contributed by atoms with Crippen molar-refractivity contribution >= 4 is 27.7 Å². The zero-order chi connectivity index (χ0) is 8.15. The van der Waals surface area contributed by atoms with Gasteiger partial charge in [0.1, 0.15) is 0 Å². The van der Waals surface area contributed by atoms with Crippen molar-refractivity contribution in [1.29, 1.82) is 0 Å². The van der Waals surface area contributed by atoms with Crippen LogP contribution in [0.4, 0.5) is 0 Å². The fraction of sp³-hybridized carbons (Fsp3) is 0.857. The van der Waals surface area contributed by atoms with Gasteiger partial charge in [-0.25, -0.2) is 0 Å². The van der Waals surface area contributed by atoms with Crippen LogP contribution in [-0.4, -0.2) is 34.3 Å². The summed E-state index contributed by atoms with van der Waals surface area (Å²) in [7, 11) is 0. The topological polar surface area (TPSA) is 26.3 Å². The molecule has 1 atom stereocenters. The first-order valence-electron chi connectivity index (χ1n) is 3.42. The molecule has 10 heavy (non-hydrogen) atoms. The molecule has 1 unspecified atom stereocenters. The van der Waals surface area contributed by atoms with Gasteiger partial charge in [-0.1, -0.05) is 0 Å². The predicted molar refractivity (Wildman–Crippen MR) is 43.5 cm³/mol. The Morgan fingerprint density at radius 1 is 1.60 bits per heavy atom. The van der Waals surface area contributed by atoms with Crippen LogP contribution in [0.5, 0.6) is 0 Å². The van der Waals surface area contributed by atoms with Crippen LogP contribution in [0.25, 0.3) is 0 Å². The van der Waals surface area contributed by atoms with E-state index in [4.69, 9.17) is 4.74 Å². The third-order valence-electron chi connectivity index (χ3n) is 1.40. The van der Waals surface area contributed by atoms with Gasteiger partial charge in [0.25, 0.3) is 0 Å². The van der Waals surface area contributed by atoms with Gasteiger partial charge in [-0.05, 0) is 0 Å². The third kappa shape index (κ3) is 3.50. The molecule has 0 aliphatic carbocycles. The first kappa shape index (κ1) is 10.4. The number of ether oxygens (including phenoxy) is 1. The van der Waals surface area contributed by atoms with E-state index in [0.717, 1.165) is 0 Å². The van der Waals surface area contributed by atoms with E-state index < -0.39 is 21.8 Å². The van der Waals surface area contributed by atoms with Crippen molar-refractivity contribution in [3.63, 3.8) is 0 Å². The SMILES string of the molecule is CCOC(=O)[CH](C)[Bi]([CH3])[CH3]. The molecule has 0 fully saturated rings. The summed E-state index contributed by atoms with van der Waals surface area (Å²) in [5.41, 5.74) is 0. The summed E-state index contributed by atoms with van der Waals surface area (Å²) in [4.78, 5) is 11.0. The molecule has 0 saturated heterocycles. The Balaban J connectivity index is 3.71. The van der Waals surface area contributed by atoms with E-state index in [0.29, 0.717) is 6.61 Å². The van der Waals surface area contributed by atoms with Gasteiger partial charge in [-0.2, -0.15) is 0 Å². The van der Waals surface area contributed by atoms with Gasteiger partial charge in [0.15, 0.2) is 0 Å². The minimum absolute atomic E-state index is 0.00489. The fourth-order valence-corrected chi connectivity index (χ4v) is 2.40. The van der Waals surface area contributed by atoms with Gasteiger partial charge in [0, 0.05) is 0 Å². The van der Waals surface area contributed by atoms with Crippen molar-refractivity contribution < 1.29 is 9.53 Å². The van der Waals surface area contributed by atoms with Gasteiger partial charge in [0.2, 0.25) is 0 Å². The van der Waals surface area contributed by atoms with E-state index in [-0.39, 0.29) is 9.60 Å². The third-order valence-corrected chi connectivity index (χ3v) is 8.24. The Kier molecular flexibility index (Phi) is 5.24. The van der Waals surface area contributed by atoms with E-state index in [1.165, 1.54) is 0 Å². The predicted octanol–water partition coefficient (Wildman–Crippen LogP) is 1.69. The summed E-state index contributed by atoms with van der Waals surface area (Å²) < 4.78 is 9.55. The average Bonchev–Trinajstić information content (AvgIpc) is 1.87. The van der Waals surface area contributed by atoms with Gasteiger partial charge >= 0.3 is 70.6 Å². The Morgan fingerprint density at radius 3 is 2.40 bits per heavy atom. The number of carbonyl (C=O) groups excluding carboxylic acids is 1. The van der Waals surface area contributed by atoms with Gasteiger partial charge in [-0.15, -0.1) is 0 Å². The van der Waals surface area contributed by atoms with Crippen LogP contribution in [0, 0.1) is 0 Å². The van der Waals surface area contributed by atoms with Gasteiger partial charge in [-0.3, -0.25) is 0 Å². The van der Waals surface area contributed by atoms with Crippen LogP contribution in [0.15, 0.2) is 0 Å². The molecule has 0 saturated carbocycles. The van der Waals surface area contributed by atoms with Crippen molar-refractivity contribution in [2.45, 2.75) is 26.7 Å². The second kappa shape index (κ2) is 5.06. The van der Waals surface area contributed by atoms with Crippen molar-refractivity contribution in [3.05, 3.63) is 0 Å². The zero-order valence-corrected chi connectivity index (χ0v) is 10.5. The van der Waals surface area contributed by atoms with Crippen LogP contribution in [0.1, 0.15) is 13.8 Å². The van der Waals surface area contributed by atoms with Crippen LogP contribution in [0.3, 0.4) is 0 Å². The molecule has 0 bridgehead atoms. The summed E-state index contributed by atoms with van der Waals surface area (Å²) in [6, 6.07) is 0. The fourth-order valence-electron chi connectivity index (χ4n) is 0.474.